The van der Waals surface area contributed by atoms with Crippen molar-refractivity contribution in [1.82, 2.24) is 10.2 Å². The van der Waals surface area contributed by atoms with Crippen LogP contribution in [0.4, 0.5) is 8.78 Å². The van der Waals surface area contributed by atoms with Crippen LogP contribution in [0.15, 0.2) is 0 Å². The minimum absolute atomic E-state index is 0.0924. The standard InChI is InChI=1S/C9H18F2N2/c1-12-5-7-3-4-8(7)13(2)6-9(10)11/h7-9,12H,3-6H2,1-2H3. The zero-order valence-corrected chi connectivity index (χ0v) is 8.26. The molecule has 1 aliphatic carbocycles. The fourth-order valence-electron chi connectivity index (χ4n) is 1.99. The van der Waals surface area contributed by atoms with E-state index in [2.05, 4.69) is 5.32 Å². The Kier molecular flexibility index (Phi) is 4.06. The van der Waals surface area contributed by atoms with Gasteiger partial charge in [0, 0.05) is 6.04 Å². The fourth-order valence-corrected chi connectivity index (χ4v) is 1.99. The van der Waals surface area contributed by atoms with Crippen LogP contribution in [-0.2, 0) is 0 Å². The van der Waals surface area contributed by atoms with Crippen LogP contribution in [0.5, 0.6) is 0 Å². The molecule has 13 heavy (non-hydrogen) atoms. The van der Waals surface area contributed by atoms with Crippen LogP contribution in [0.3, 0.4) is 0 Å². The van der Waals surface area contributed by atoms with E-state index in [9.17, 15) is 8.78 Å². The molecule has 78 valence electrons. The second-order valence-electron chi connectivity index (χ2n) is 3.79. The van der Waals surface area contributed by atoms with Crippen LogP contribution in [0, 0.1) is 5.92 Å². The van der Waals surface area contributed by atoms with Crippen LogP contribution < -0.4 is 5.32 Å². The minimum Gasteiger partial charge on any atom is -0.319 e. The molecule has 0 aromatic heterocycles. The second kappa shape index (κ2) is 4.86. The summed E-state index contributed by atoms with van der Waals surface area (Å²) < 4.78 is 24.1. The van der Waals surface area contributed by atoms with Crippen LogP contribution in [0.2, 0.25) is 0 Å². The lowest BCUT2D eigenvalue weighted by Gasteiger charge is -2.42. The number of hydrogen-bond acceptors (Lipinski definition) is 2. The van der Waals surface area contributed by atoms with Crippen molar-refractivity contribution in [3.63, 3.8) is 0 Å². The summed E-state index contributed by atoms with van der Waals surface area (Å²) in [4.78, 5) is 1.79. The molecule has 0 bridgehead atoms. The molecular weight excluding hydrogens is 174 g/mol. The molecule has 4 heteroatoms. The van der Waals surface area contributed by atoms with Crippen LogP contribution >= 0.6 is 0 Å². The molecule has 2 unspecified atom stereocenters. The largest absolute Gasteiger partial charge is 0.319 e. The van der Waals surface area contributed by atoms with E-state index >= 15 is 0 Å². The highest BCUT2D eigenvalue weighted by Gasteiger charge is 2.33. The molecule has 0 aromatic rings. The number of halogens is 2. The summed E-state index contributed by atoms with van der Waals surface area (Å²) >= 11 is 0. The molecule has 2 nitrogen and oxygen atoms in total. The average Bonchev–Trinajstić information content (AvgIpc) is 1.96. The Balaban J connectivity index is 2.26. The van der Waals surface area contributed by atoms with Crippen LogP contribution in [0.25, 0.3) is 0 Å². The summed E-state index contributed by atoms with van der Waals surface area (Å²) in [5.41, 5.74) is 0. The summed E-state index contributed by atoms with van der Waals surface area (Å²) in [5.74, 6) is 0.564. The van der Waals surface area contributed by atoms with Gasteiger partial charge in [0.25, 0.3) is 6.43 Å². The van der Waals surface area contributed by atoms with Crippen LogP contribution in [0.1, 0.15) is 12.8 Å². The SMILES string of the molecule is CNCC1CCC1N(C)CC(F)F. The molecule has 1 fully saturated rings. The van der Waals surface area contributed by atoms with Crippen LogP contribution in [-0.4, -0.2) is 44.6 Å². The molecule has 0 aromatic carbocycles. The number of rotatable bonds is 5. The molecule has 1 aliphatic rings. The third-order valence-corrected chi connectivity index (χ3v) is 2.84. The van der Waals surface area contributed by atoms with E-state index in [1.807, 2.05) is 7.05 Å². The van der Waals surface area contributed by atoms with E-state index in [-0.39, 0.29) is 6.54 Å². The number of alkyl halides is 2. The van der Waals surface area contributed by atoms with Crippen molar-refractivity contribution in [3.8, 4) is 0 Å². The van der Waals surface area contributed by atoms with Crippen molar-refractivity contribution >= 4 is 0 Å². The summed E-state index contributed by atoms with van der Waals surface area (Å²) in [7, 11) is 3.70. The minimum atomic E-state index is -2.21. The molecule has 0 amide bonds. The van der Waals surface area contributed by atoms with E-state index in [0.29, 0.717) is 12.0 Å². The molecule has 1 saturated carbocycles. The Labute approximate surface area is 78.3 Å². The topological polar surface area (TPSA) is 15.3 Å². The predicted octanol–water partition coefficient (Wildman–Crippen LogP) is 1.18. The normalized spacial score (nSPS) is 28.2. The number of hydrogen-bond donors (Lipinski definition) is 1. The third kappa shape index (κ3) is 2.88. The quantitative estimate of drug-likeness (QED) is 0.703. The molecule has 0 spiro atoms. The Hall–Kier alpha value is -0.220. The number of nitrogens with zero attached hydrogens (tertiary/aromatic N) is 1. The zero-order chi connectivity index (χ0) is 9.84. The van der Waals surface area contributed by atoms with Gasteiger partial charge in [-0.25, -0.2) is 8.78 Å². The molecular formula is C9H18F2N2. The first-order chi connectivity index (χ1) is 6.15. The zero-order valence-electron chi connectivity index (χ0n) is 8.26. The van der Waals surface area contributed by atoms with E-state index in [1.165, 1.54) is 6.42 Å². The predicted molar refractivity (Wildman–Crippen MR) is 49.1 cm³/mol. The van der Waals surface area contributed by atoms with Gasteiger partial charge >= 0.3 is 0 Å². The molecule has 1 rings (SSSR count). The van der Waals surface area contributed by atoms with Gasteiger partial charge < -0.3 is 5.32 Å². The smallest absolute Gasteiger partial charge is 0.251 e. The van der Waals surface area contributed by atoms with Crippen molar-refractivity contribution in [2.75, 3.05) is 27.2 Å². The molecule has 1 N–H and O–H groups in total. The number of nitrogens with one attached hydrogen (secondary N) is 1. The van der Waals surface area contributed by atoms with Gasteiger partial charge in [0.2, 0.25) is 0 Å². The maximum absolute atomic E-state index is 12.1. The summed E-state index contributed by atoms with van der Waals surface area (Å²) in [6, 6.07) is 0.362. The highest BCUT2D eigenvalue weighted by atomic mass is 19.3. The second-order valence-corrected chi connectivity index (χ2v) is 3.79. The molecule has 0 radical (unpaired) electrons. The Morgan fingerprint density at radius 1 is 1.46 bits per heavy atom. The highest BCUT2D eigenvalue weighted by Crippen LogP contribution is 2.30. The van der Waals surface area contributed by atoms with Crippen molar-refractivity contribution in [1.29, 1.82) is 0 Å². The van der Waals surface area contributed by atoms with Gasteiger partial charge in [-0.05, 0) is 39.4 Å². The van der Waals surface area contributed by atoms with E-state index < -0.39 is 6.43 Å². The van der Waals surface area contributed by atoms with Gasteiger partial charge in [-0.3, -0.25) is 4.90 Å². The fraction of sp³-hybridized carbons (Fsp3) is 1.00. The van der Waals surface area contributed by atoms with Crippen molar-refractivity contribution in [2.45, 2.75) is 25.3 Å². The van der Waals surface area contributed by atoms with E-state index in [0.717, 1.165) is 13.0 Å². The monoisotopic (exact) mass is 192 g/mol. The maximum Gasteiger partial charge on any atom is 0.251 e. The molecule has 0 heterocycles. The molecule has 2 atom stereocenters. The van der Waals surface area contributed by atoms with E-state index in [4.69, 9.17) is 0 Å². The summed E-state index contributed by atoms with van der Waals surface area (Å²) in [5, 5.41) is 3.09. The van der Waals surface area contributed by atoms with Gasteiger partial charge in [-0.15, -0.1) is 0 Å². The Morgan fingerprint density at radius 3 is 2.54 bits per heavy atom. The third-order valence-electron chi connectivity index (χ3n) is 2.84. The van der Waals surface area contributed by atoms with Crippen molar-refractivity contribution in [2.24, 2.45) is 5.92 Å². The Bertz CT molecular complexity index is 153. The first-order valence-electron chi connectivity index (χ1n) is 4.78. The lowest BCUT2D eigenvalue weighted by atomic mass is 9.78. The first kappa shape index (κ1) is 10.9. The average molecular weight is 192 g/mol. The first-order valence-corrected chi connectivity index (χ1v) is 4.78. The van der Waals surface area contributed by atoms with Gasteiger partial charge in [0.15, 0.2) is 0 Å². The lowest BCUT2D eigenvalue weighted by Crippen LogP contribution is -2.49. The summed E-state index contributed by atoms with van der Waals surface area (Å²) in [6.07, 6.45) is 0.0232. The van der Waals surface area contributed by atoms with Gasteiger partial charge in [0.05, 0.1) is 6.54 Å². The Morgan fingerprint density at radius 2 is 2.15 bits per heavy atom. The lowest BCUT2D eigenvalue weighted by molar-refractivity contribution is 0.0280. The van der Waals surface area contributed by atoms with E-state index in [1.54, 1.807) is 11.9 Å². The van der Waals surface area contributed by atoms with Gasteiger partial charge in [-0.1, -0.05) is 0 Å². The van der Waals surface area contributed by atoms with Crippen molar-refractivity contribution < 1.29 is 8.78 Å². The maximum atomic E-state index is 12.1. The van der Waals surface area contributed by atoms with Gasteiger partial charge in [-0.2, -0.15) is 0 Å². The summed E-state index contributed by atoms with van der Waals surface area (Å²) in [6.45, 7) is 0.850. The van der Waals surface area contributed by atoms with Gasteiger partial charge in [0.1, 0.15) is 0 Å². The molecule has 0 saturated heterocycles. The highest BCUT2D eigenvalue weighted by molar-refractivity contribution is 4.88. The molecule has 0 aliphatic heterocycles. The van der Waals surface area contributed by atoms with Crippen molar-refractivity contribution in [3.05, 3.63) is 0 Å².